The van der Waals surface area contributed by atoms with Crippen LogP contribution in [0.1, 0.15) is 0 Å². The highest BCUT2D eigenvalue weighted by Crippen LogP contribution is 2.37. The lowest BCUT2D eigenvalue weighted by molar-refractivity contribution is 0.690. The van der Waals surface area contributed by atoms with Crippen LogP contribution in [0.4, 0.5) is 0 Å². The maximum atomic E-state index is 5.60. The fourth-order valence-corrected chi connectivity index (χ4v) is 0. The summed E-state index contributed by atoms with van der Waals surface area (Å²) in [4.78, 5) is 0. The number of hydrogen-bond donors (Lipinski definition) is 0. The van der Waals surface area contributed by atoms with Gasteiger partial charge in [-0.3, -0.25) is 4.67 Å². The molecule has 0 aromatic heterocycles. The van der Waals surface area contributed by atoms with Gasteiger partial charge in [0.2, 0.25) is 0 Å². The molecule has 1 atom stereocenters. The molecule has 1 unspecified atom stereocenters. The van der Waals surface area contributed by atoms with Gasteiger partial charge < -0.3 is 0 Å². The molecule has 1 nitrogen and oxygen atoms in total. The molecule has 0 rings (SSSR count). The normalized spacial score (nSPS) is 15.5. The second kappa shape index (κ2) is 2.79. The summed E-state index contributed by atoms with van der Waals surface area (Å²) >= 11 is 5.60. The van der Waals surface area contributed by atoms with Crippen LogP contribution in [0.15, 0.2) is 0 Å². The van der Waals surface area contributed by atoms with Crippen molar-refractivity contribution in [1.29, 1.82) is 0 Å². The Balaban J connectivity index is 2.99. The lowest BCUT2D eigenvalue weighted by Gasteiger charge is -2.09. The minimum atomic E-state index is -0.354. The van der Waals surface area contributed by atoms with Crippen molar-refractivity contribution in [2.24, 2.45) is 0 Å². The van der Waals surface area contributed by atoms with E-state index in [0.29, 0.717) is 0 Å². The van der Waals surface area contributed by atoms with E-state index < -0.39 is 0 Å². The Labute approximate surface area is 44.9 Å². The summed E-state index contributed by atoms with van der Waals surface area (Å²) in [6.07, 6.45) is 0. The standard InChI is InChI=1S/C3H9ClNP/c1-5(2)6(3)4/h1-3H3. The highest BCUT2D eigenvalue weighted by Gasteiger charge is 1.93. The molecule has 0 spiro atoms. The van der Waals surface area contributed by atoms with E-state index in [1.165, 1.54) is 0 Å². The van der Waals surface area contributed by atoms with Gasteiger partial charge in [0, 0.05) is 0 Å². The van der Waals surface area contributed by atoms with Gasteiger partial charge in [-0.2, -0.15) is 0 Å². The molecule has 0 saturated carbocycles. The Morgan fingerprint density at radius 3 is 1.67 bits per heavy atom. The zero-order chi connectivity index (χ0) is 5.15. The summed E-state index contributed by atoms with van der Waals surface area (Å²) in [5, 5.41) is 0. The van der Waals surface area contributed by atoms with Crippen LogP contribution in [0.3, 0.4) is 0 Å². The predicted octanol–water partition coefficient (Wildman–Crippen LogP) is 1.73. The minimum Gasteiger partial charge on any atom is -0.276 e. The Bertz CT molecular complexity index is 31.8. The van der Waals surface area contributed by atoms with Crippen LogP contribution in [-0.4, -0.2) is 25.4 Å². The number of halogens is 1. The summed E-state index contributed by atoms with van der Waals surface area (Å²) in [5.41, 5.74) is 0. The SMILES string of the molecule is CN(C)P(C)Cl. The van der Waals surface area contributed by atoms with Gasteiger partial charge in [-0.15, -0.1) is 0 Å². The Hall–Kier alpha value is 0.680. The minimum absolute atomic E-state index is 0.354. The molecule has 0 aliphatic carbocycles. The molecule has 0 saturated heterocycles. The largest absolute Gasteiger partial charge is 0.276 e. The number of hydrogen-bond acceptors (Lipinski definition) is 1. The highest BCUT2D eigenvalue weighted by atomic mass is 35.7. The Kier molecular flexibility index (Phi) is 3.10. The lowest BCUT2D eigenvalue weighted by atomic mass is 11.3. The van der Waals surface area contributed by atoms with E-state index in [4.69, 9.17) is 11.2 Å². The average molecular weight is 126 g/mol. The summed E-state index contributed by atoms with van der Waals surface area (Å²) in [7, 11) is 3.59. The highest BCUT2D eigenvalue weighted by molar-refractivity contribution is 7.81. The second-order valence-corrected chi connectivity index (χ2v) is 4.45. The zero-order valence-corrected chi connectivity index (χ0v) is 5.92. The van der Waals surface area contributed by atoms with Crippen LogP contribution < -0.4 is 0 Å². The van der Waals surface area contributed by atoms with Crippen molar-refractivity contribution in [2.45, 2.75) is 0 Å². The van der Waals surface area contributed by atoms with Crippen molar-refractivity contribution < 1.29 is 0 Å². The smallest absolute Gasteiger partial charge is 0.0588 e. The van der Waals surface area contributed by atoms with Gasteiger partial charge in [0.15, 0.2) is 0 Å². The van der Waals surface area contributed by atoms with Crippen molar-refractivity contribution in [3.63, 3.8) is 0 Å². The number of nitrogens with zero attached hydrogens (tertiary/aromatic N) is 1. The summed E-state index contributed by atoms with van der Waals surface area (Å²) in [6.45, 7) is 2.00. The van der Waals surface area contributed by atoms with Crippen LogP contribution in [0.2, 0.25) is 0 Å². The summed E-state index contributed by atoms with van der Waals surface area (Å²) < 4.78 is 2.00. The van der Waals surface area contributed by atoms with Crippen LogP contribution >= 0.6 is 18.7 Å². The molecular formula is C3H9ClNP. The van der Waals surface area contributed by atoms with Crippen molar-refractivity contribution in [3.05, 3.63) is 0 Å². The first-order valence-electron chi connectivity index (χ1n) is 1.71. The van der Waals surface area contributed by atoms with E-state index in [-0.39, 0.29) is 7.43 Å². The molecule has 0 amide bonds. The summed E-state index contributed by atoms with van der Waals surface area (Å²) in [6, 6.07) is 0. The average Bonchev–Trinajstić information content (AvgIpc) is 1.36. The second-order valence-electron chi connectivity index (χ2n) is 1.29. The van der Waals surface area contributed by atoms with Gasteiger partial charge in [0.05, 0.1) is 7.43 Å². The maximum absolute atomic E-state index is 5.60. The van der Waals surface area contributed by atoms with Gasteiger partial charge in [-0.1, -0.05) is 11.2 Å². The fourth-order valence-electron chi connectivity index (χ4n) is 0. The monoisotopic (exact) mass is 125 g/mol. The van der Waals surface area contributed by atoms with Gasteiger partial charge in [0.1, 0.15) is 0 Å². The molecule has 0 bridgehead atoms. The van der Waals surface area contributed by atoms with Crippen molar-refractivity contribution in [2.75, 3.05) is 20.8 Å². The Morgan fingerprint density at radius 1 is 1.50 bits per heavy atom. The third-order valence-electron chi connectivity index (χ3n) is 0.551. The van der Waals surface area contributed by atoms with Gasteiger partial charge in [-0.05, 0) is 20.8 Å². The van der Waals surface area contributed by atoms with E-state index in [1.807, 2.05) is 25.4 Å². The van der Waals surface area contributed by atoms with E-state index in [0.717, 1.165) is 0 Å². The van der Waals surface area contributed by atoms with Gasteiger partial charge >= 0.3 is 0 Å². The van der Waals surface area contributed by atoms with Crippen LogP contribution in [0.5, 0.6) is 0 Å². The van der Waals surface area contributed by atoms with Crippen molar-refractivity contribution in [3.8, 4) is 0 Å². The molecule has 0 aliphatic heterocycles. The van der Waals surface area contributed by atoms with E-state index in [1.54, 1.807) is 0 Å². The Morgan fingerprint density at radius 2 is 1.67 bits per heavy atom. The van der Waals surface area contributed by atoms with Gasteiger partial charge in [0.25, 0.3) is 0 Å². The first kappa shape index (κ1) is 6.68. The summed E-state index contributed by atoms with van der Waals surface area (Å²) in [5.74, 6) is 0. The van der Waals surface area contributed by atoms with E-state index in [9.17, 15) is 0 Å². The molecule has 0 heterocycles. The first-order valence-corrected chi connectivity index (χ1v) is 4.36. The maximum Gasteiger partial charge on any atom is 0.0588 e. The number of rotatable bonds is 1. The molecule has 0 fully saturated rings. The van der Waals surface area contributed by atoms with Crippen LogP contribution in [0, 0.1) is 0 Å². The fraction of sp³-hybridized carbons (Fsp3) is 1.00. The van der Waals surface area contributed by atoms with Crippen molar-refractivity contribution in [1.82, 2.24) is 4.67 Å². The quantitative estimate of drug-likeness (QED) is 0.483. The molecule has 38 valence electrons. The first-order chi connectivity index (χ1) is 2.64. The van der Waals surface area contributed by atoms with Crippen molar-refractivity contribution >= 4 is 18.7 Å². The van der Waals surface area contributed by atoms with E-state index in [2.05, 4.69) is 0 Å². The molecule has 0 aromatic carbocycles. The molecular weight excluding hydrogens is 116 g/mol. The van der Waals surface area contributed by atoms with Crippen LogP contribution in [-0.2, 0) is 0 Å². The molecule has 0 aliphatic rings. The molecule has 0 N–H and O–H groups in total. The van der Waals surface area contributed by atoms with E-state index >= 15 is 0 Å². The molecule has 0 radical (unpaired) electrons. The molecule has 6 heavy (non-hydrogen) atoms. The van der Waals surface area contributed by atoms with Gasteiger partial charge in [-0.25, -0.2) is 0 Å². The predicted molar refractivity (Wildman–Crippen MR) is 32.4 cm³/mol. The third-order valence-corrected chi connectivity index (χ3v) is 2.56. The topological polar surface area (TPSA) is 3.24 Å². The lowest BCUT2D eigenvalue weighted by Crippen LogP contribution is -1.97. The van der Waals surface area contributed by atoms with Crippen LogP contribution in [0.25, 0.3) is 0 Å². The third kappa shape index (κ3) is 2.89. The zero-order valence-electron chi connectivity index (χ0n) is 4.27. The molecule has 3 heteroatoms. The molecule has 0 aromatic rings.